The minimum Gasteiger partial charge on any atom is -0.478 e. The number of carbonyl (C=O) groups excluding carboxylic acids is 1. The standard InChI is InChI=1S/C13H16N2O4/c14-3-4-19-8-12(16)15-6-10-2-1-9(13(17)18)5-11(10)7-15/h1-2,5H,3-4,6-8,14H2,(H,17,18). The fourth-order valence-electron chi connectivity index (χ4n) is 2.04. The quantitative estimate of drug-likeness (QED) is 0.741. The molecular formula is C13H16N2O4. The first-order chi connectivity index (χ1) is 9.11. The van der Waals surface area contributed by atoms with E-state index in [0.717, 1.165) is 11.1 Å². The number of rotatable bonds is 5. The van der Waals surface area contributed by atoms with Crippen LogP contribution in [-0.4, -0.2) is 41.6 Å². The lowest BCUT2D eigenvalue weighted by Crippen LogP contribution is -2.30. The highest BCUT2D eigenvalue weighted by molar-refractivity contribution is 5.88. The largest absolute Gasteiger partial charge is 0.478 e. The van der Waals surface area contributed by atoms with E-state index < -0.39 is 5.97 Å². The van der Waals surface area contributed by atoms with E-state index in [9.17, 15) is 9.59 Å². The summed E-state index contributed by atoms with van der Waals surface area (Å²) in [5, 5.41) is 8.92. The summed E-state index contributed by atoms with van der Waals surface area (Å²) in [4.78, 5) is 24.4. The highest BCUT2D eigenvalue weighted by atomic mass is 16.5. The van der Waals surface area contributed by atoms with Gasteiger partial charge in [0.25, 0.3) is 0 Å². The molecule has 1 aliphatic rings. The number of carbonyl (C=O) groups is 2. The zero-order valence-corrected chi connectivity index (χ0v) is 10.5. The lowest BCUT2D eigenvalue weighted by molar-refractivity contribution is -0.136. The van der Waals surface area contributed by atoms with Gasteiger partial charge in [0.05, 0.1) is 12.2 Å². The molecule has 0 saturated carbocycles. The average molecular weight is 264 g/mol. The van der Waals surface area contributed by atoms with Gasteiger partial charge in [-0.15, -0.1) is 0 Å². The van der Waals surface area contributed by atoms with Crippen molar-refractivity contribution in [2.24, 2.45) is 5.73 Å². The van der Waals surface area contributed by atoms with Crippen LogP contribution in [0, 0.1) is 0 Å². The minimum atomic E-state index is -0.959. The van der Waals surface area contributed by atoms with Crippen LogP contribution < -0.4 is 5.73 Å². The van der Waals surface area contributed by atoms with Crippen LogP contribution in [0.15, 0.2) is 18.2 Å². The number of carboxylic acids is 1. The molecule has 0 atom stereocenters. The maximum absolute atomic E-state index is 11.9. The van der Waals surface area contributed by atoms with E-state index in [2.05, 4.69) is 0 Å². The Hall–Kier alpha value is -1.92. The van der Waals surface area contributed by atoms with Crippen molar-refractivity contribution in [3.8, 4) is 0 Å². The van der Waals surface area contributed by atoms with Crippen LogP contribution in [0.1, 0.15) is 21.5 Å². The third-order valence-corrected chi connectivity index (χ3v) is 3.02. The average Bonchev–Trinajstić information content (AvgIpc) is 2.81. The fourth-order valence-corrected chi connectivity index (χ4v) is 2.04. The summed E-state index contributed by atoms with van der Waals surface area (Å²) in [7, 11) is 0. The second-order valence-electron chi connectivity index (χ2n) is 4.38. The first-order valence-electron chi connectivity index (χ1n) is 6.02. The Kier molecular flexibility index (Phi) is 4.13. The van der Waals surface area contributed by atoms with Gasteiger partial charge in [-0.1, -0.05) is 6.07 Å². The number of ether oxygens (including phenoxy) is 1. The van der Waals surface area contributed by atoms with Gasteiger partial charge < -0.3 is 20.5 Å². The summed E-state index contributed by atoms with van der Waals surface area (Å²) in [6.07, 6.45) is 0. The van der Waals surface area contributed by atoms with Crippen LogP contribution in [0.5, 0.6) is 0 Å². The van der Waals surface area contributed by atoms with E-state index in [1.807, 2.05) is 0 Å². The number of nitrogens with zero attached hydrogens (tertiary/aromatic N) is 1. The second kappa shape index (κ2) is 5.81. The molecule has 6 nitrogen and oxygen atoms in total. The van der Waals surface area contributed by atoms with Gasteiger partial charge in [-0.2, -0.15) is 0 Å². The summed E-state index contributed by atoms with van der Waals surface area (Å²) >= 11 is 0. The third-order valence-electron chi connectivity index (χ3n) is 3.02. The molecule has 0 unspecified atom stereocenters. The molecule has 1 aliphatic heterocycles. The smallest absolute Gasteiger partial charge is 0.335 e. The molecule has 0 fully saturated rings. The van der Waals surface area contributed by atoms with Gasteiger partial charge in [-0.05, 0) is 23.3 Å². The van der Waals surface area contributed by atoms with E-state index in [1.54, 1.807) is 23.1 Å². The topological polar surface area (TPSA) is 92.9 Å². The van der Waals surface area contributed by atoms with Gasteiger partial charge in [0, 0.05) is 19.6 Å². The van der Waals surface area contributed by atoms with E-state index >= 15 is 0 Å². The number of fused-ring (bicyclic) bond motifs is 1. The molecule has 0 aliphatic carbocycles. The first kappa shape index (κ1) is 13.5. The number of amides is 1. The number of benzene rings is 1. The molecule has 1 heterocycles. The van der Waals surface area contributed by atoms with Crippen molar-refractivity contribution in [2.45, 2.75) is 13.1 Å². The van der Waals surface area contributed by atoms with Crippen molar-refractivity contribution in [3.05, 3.63) is 34.9 Å². The van der Waals surface area contributed by atoms with Crippen molar-refractivity contribution in [1.29, 1.82) is 0 Å². The third kappa shape index (κ3) is 3.10. The number of nitrogens with two attached hydrogens (primary N) is 1. The Morgan fingerprint density at radius 3 is 2.74 bits per heavy atom. The van der Waals surface area contributed by atoms with Crippen molar-refractivity contribution in [3.63, 3.8) is 0 Å². The summed E-state index contributed by atoms with van der Waals surface area (Å²) < 4.78 is 5.11. The minimum absolute atomic E-state index is 0.0109. The molecule has 3 N–H and O–H groups in total. The zero-order valence-electron chi connectivity index (χ0n) is 10.5. The van der Waals surface area contributed by atoms with Crippen LogP contribution in [-0.2, 0) is 22.6 Å². The maximum atomic E-state index is 11.9. The Bertz CT molecular complexity index is 501. The first-order valence-corrected chi connectivity index (χ1v) is 6.02. The molecule has 0 aromatic heterocycles. The maximum Gasteiger partial charge on any atom is 0.335 e. The van der Waals surface area contributed by atoms with Crippen LogP contribution >= 0.6 is 0 Å². The Balaban J connectivity index is 1.99. The normalized spacial score (nSPS) is 13.4. The van der Waals surface area contributed by atoms with Gasteiger partial charge in [0.2, 0.25) is 5.91 Å². The Morgan fingerprint density at radius 1 is 1.32 bits per heavy atom. The summed E-state index contributed by atoms with van der Waals surface area (Å²) in [6, 6.07) is 4.93. The summed E-state index contributed by atoms with van der Waals surface area (Å²) in [5.41, 5.74) is 7.38. The van der Waals surface area contributed by atoms with Gasteiger partial charge in [-0.3, -0.25) is 4.79 Å². The summed E-state index contributed by atoms with van der Waals surface area (Å²) in [6.45, 7) is 1.68. The second-order valence-corrected chi connectivity index (χ2v) is 4.38. The predicted octanol–water partition coefficient (Wildman–Crippen LogP) is 0.202. The molecule has 0 saturated heterocycles. The molecule has 0 radical (unpaired) electrons. The van der Waals surface area contributed by atoms with E-state index in [4.69, 9.17) is 15.6 Å². The van der Waals surface area contributed by atoms with Crippen molar-refractivity contribution >= 4 is 11.9 Å². The van der Waals surface area contributed by atoms with Gasteiger partial charge >= 0.3 is 5.97 Å². The highest BCUT2D eigenvalue weighted by Crippen LogP contribution is 2.23. The number of carboxylic acid groups (broad SMARTS) is 1. The molecule has 1 aromatic rings. The summed E-state index contributed by atoms with van der Waals surface area (Å²) in [5.74, 6) is -1.07. The van der Waals surface area contributed by atoms with Crippen LogP contribution in [0.4, 0.5) is 0 Å². The monoisotopic (exact) mass is 264 g/mol. The Labute approximate surface area is 110 Å². The van der Waals surface area contributed by atoms with Crippen LogP contribution in [0.25, 0.3) is 0 Å². The highest BCUT2D eigenvalue weighted by Gasteiger charge is 2.24. The van der Waals surface area contributed by atoms with E-state index in [1.165, 1.54) is 0 Å². The fraction of sp³-hybridized carbons (Fsp3) is 0.385. The van der Waals surface area contributed by atoms with Crippen molar-refractivity contribution < 1.29 is 19.4 Å². The number of hydrogen-bond acceptors (Lipinski definition) is 4. The van der Waals surface area contributed by atoms with E-state index in [0.29, 0.717) is 26.2 Å². The molecule has 1 amide bonds. The molecule has 1 aromatic carbocycles. The molecule has 19 heavy (non-hydrogen) atoms. The SMILES string of the molecule is NCCOCC(=O)N1Cc2ccc(C(=O)O)cc2C1. The van der Waals surface area contributed by atoms with Gasteiger partial charge in [-0.25, -0.2) is 4.79 Å². The van der Waals surface area contributed by atoms with Crippen molar-refractivity contribution in [2.75, 3.05) is 19.8 Å². The molecule has 0 spiro atoms. The van der Waals surface area contributed by atoms with Gasteiger partial charge in [0.15, 0.2) is 0 Å². The molecule has 102 valence electrons. The lowest BCUT2D eigenvalue weighted by atomic mass is 10.1. The van der Waals surface area contributed by atoms with Gasteiger partial charge in [0.1, 0.15) is 6.61 Å². The Morgan fingerprint density at radius 2 is 2.05 bits per heavy atom. The lowest BCUT2D eigenvalue weighted by Gasteiger charge is -2.15. The number of hydrogen-bond donors (Lipinski definition) is 2. The molecular weight excluding hydrogens is 248 g/mol. The molecule has 0 bridgehead atoms. The molecule has 2 rings (SSSR count). The number of aromatic carboxylic acids is 1. The zero-order chi connectivity index (χ0) is 13.8. The van der Waals surface area contributed by atoms with Crippen LogP contribution in [0.3, 0.4) is 0 Å². The molecule has 6 heteroatoms. The van der Waals surface area contributed by atoms with Crippen LogP contribution in [0.2, 0.25) is 0 Å². The van der Waals surface area contributed by atoms with E-state index in [-0.39, 0.29) is 18.1 Å². The van der Waals surface area contributed by atoms with Crippen molar-refractivity contribution in [1.82, 2.24) is 4.90 Å². The predicted molar refractivity (Wildman–Crippen MR) is 67.5 cm³/mol.